The summed E-state index contributed by atoms with van der Waals surface area (Å²) in [6, 6.07) is 3.80. The molecule has 1 aromatic carbocycles. The zero-order valence-corrected chi connectivity index (χ0v) is 12.7. The summed E-state index contributed by atoms with van der Waals surface area (Å²) < 4.78 is 10.5. The second kappa shape index (κ2) is 7.58. The Labute approximate surface area is 119 Å². The summed E-state index contributed by atoms with van der Waals surface area (Å²) in [7, 11) is 5.17. The standard InChI is InChI=1S/C14H22ClNO3/c1-10(17)5-6-16(2)9-11-7-12(15)14(19-4)13(8-11)18-3/h7-8,10,17H,5-6,9H2,1-4H3. The maximum Gasteiger partial charge on any atom is 0.179 e. The number of halogens is 1. The van der Waals surface area contributed by atoms with Crippen LogP contribution in [0.15, 0.2) is 12.1 Å². The van der Waals surface area contributed by atoms with E-state index in [0.29, 0.717) is 16.5 Å². The van der Waals surface area contributed by atoms with Crippen molar-refractivity contribution >= 4 is 11.6 Å². The summed E-state index contributed by atoms with van der Waals surface area (Å²) in [5.74, 6) is 1.19. The first-order chi connectivity index (χ1) is 8.97. The molecule has 0 radical (unpaired) electrons. The molecule has 0 aromatic heterocycles. The van der Waals surface area contributed by atoms with E-state index in [1.165, 1.54) is 0 Å². The van der Waals surface area contributed by atoms with E-state index in [0.717, 1.165) is 25.1 Å². The average Bonchev–Trinajstić information content (AvgIpc) is 2.35. The Kier molecular flexibility index (Phi) is 6.42. The van der Waals surface area contributed by atoms with Crippen LogP contribution < -0.4 is 9.47 Å². The molecule has 1 unspecified atom stereocenters. The van der Waals surface area contributed by atoms with Crippen LogP contribution in [0.5, 0.6) is 11.5 Å². The fourth-order valence-electron chi connectivity index (χ4n) is 1.86. The van der Waals surface area contributed by atoms with Gasteiger partial charge in [-0.1, -0.05) is 11.6 Å². The van der Waals surface area contributed by atoms with Crippen molar-refractivity contribution in [3.63, 3.8) is 0 Å². The molecule has 108 valence electrons. The summed E-state index contributed by atoms with van der Waals surface area (Å²) in [5.41, 5.74) is 1.05. The van der Waals surface area contributed by atoms with Gasteiger partial charge in [-0.3, -0.25) is 0 Å². The maximum atomic E-state index is 9.28. The average molecular weight is 288 g/mol. The molecule has 4 nitrogen and oxygen atoms in total. The minimum atomic E-state index is -0.281. The number of benzene rings is 1. The van der Waals surface area contributed by atoms with Gasteiger partial charge in [-0.15, -0.1) is 0 Å². The zero-order chi connectivity index (χ0) is 14.4. The molecule has 0 amide bonds. The third-order valence-corrected chi connectivity index (χ3v) is 3.16. The first-order valence-corrected chi connectivity index (χ1v) is 6.62. The Morgan fingerprint density at radius 3 is 2.53 bits per heavy atom. The Hall–Kier alpha value is -0.970. The molecule has 5 heteroatoms. The fraction of sp³-hybridized carbons (Fsp3) is 0.571. The Balaban J connectivity index is 2.76. The van der Waals surface area contributed by atoms with E-state index >= 15 is 0 Å². The van der Waals surface area contributed by atoms with Gasteiger partial charge < -0.3 is 19.5 Å². The monoisotopic (exact) mass is 287 g/mol. The van der Waals surface area contributed by atoms with Crippen molar-refractivity contribution in [2.45, 2.75) is 26.0 Å². The van der Waals surface area contributed by atoms with Crippen molar-refractivity contribution in [2.75, 3.05) is 27.8 Å². The van der Waals surface area contributed by atoms with Crippen LogP contribution in [0.25, 0.3) is 0 Å². The molecule has 0 aliphatic rings. The van der Waals surface area contributed by atoms with Gasteiger partial charge in [0.25, 0.3) is 0 Å². The molecule has 0 bridgehead atoms. The van der Waals surface area contributed by atoms with Gasteiger partial charge in [0.15, 0.2) is 11.5 Å². The quantitative estimate of drug-likeness (QED) is 0.837. The highest BCUT2D eigenvalue weighted by Crippen LogP contribution is 2.36. The smallest absolute Gasteiger partial charge is 0.179 e. The third kappa shape index (κ3) is 4.90. The molecule has 1 N–H and O–H groups in total. The second-order valence-electron chi connectivity index (χ2n) is 4.69. The predicted molar refractivity (Wildman–Crippen MR) is 77.2 cm³/mol. The minimum Gasteiger partial charge on any atom is -0.493 e. The summed E-state index contributed by atoms with van der Waals surface area (Å²) >= 11 is 6.16. The van der Waals surface area contributed by atoms with E-state index in [2.05, 4.69) is 4.90 Å². The first-order valence-electron chi connectivity index (χ1n) is 6.25. The first kappa shape index (κ1) is 16.1. The number of aliphatic hydroxyl groups excluding tert-OH is 1. The van der Waals surface area contributed by atoms with Crippen LogP contribution in [0.3, 0.4) is 0 Å². The van der Waals surface area contributed by atoms with Crippen molar-refractivity contribution in [3.8, 4) is 11.5 Å². The van der Waals surface area contributed by atoms with Crippen LogP contribution in [0.1, 0.15) is 18.9 Å². The van der Waals surface area contributed by atoms with Crippen LogP contribution in [-0.2, 0) is 6.54 Å². The number of methoxy groups -OCH3 is 2. The van der Waals surface area contributed by atoms with Gasteiger partial charge in [0.1, 0.15) is 0 Å². The highest BCUT2D eigenvalue weighted by atomic mass is 35.5. The number of aliphatic hydroxyl groups is 1. The largest absolute Gasteiger partial charge is 0.493 e. The molecule has 0 fully saturated rings. The SMILES string of the molecule is COc1cc(CN(C)CCC(C)O)cc(Cl)c1OC. The summed E-state index contributed by atoms with van der Waals surface area (Å²) in [5, 5.41) is 9.82. The lowest BCUT2D eigenvalue weighted by Crippen LogP contribution is -2.22. The maximum absolute atomic E-state index is 9.28. The highest BCUT2D eigenvalue weighted by Gasteiger charge is 2.12. The Morgan fingerprint density at radius 2 is 2.00 bits per heavy atom. The minimum absolute atomic E-state index is 0.281. The van der Waals surface area contributed by atoms with Crippen LogP contribution in [0.4, 0.5) is 0 Å². The predicted octanol–water partition coefficient (Wildman–Crippen LogP) is 2.56. The lowest BCUT2D eigenvalue weighted by molar-refractivity contribution is 0.163. The summed E-state index contributed by atoms with van der Waals surface area (Å²) in [4.78, 5) is 2.13. The van der Waals surface area contributed by atoms with Gasteiger partial charge in [-0.2, -0.15) is 0 Å². The normalized spacial score (nSPS) is 12.6. The van der Waals surface area contributed by atoms with Crippen molar-refractivity contribution in [3.05, 3.63) is 22.7 Å². The van der Waals surface area contributed by atoms with E-state index < -0.39 is 0 Å². The van der Waals surface area contributed by atoms with E-state index in [1.807, 2.05) is 19.2 Å². The van der Waals surface area contributed by atoms with Crippen LogP contribution in [0.2, 0.25) is 5.02 Å². The molecule has 0 spiro atoms. The molecular weight excluding hydrogens is 266 g/mol. The molecule has 1 atom stereocenters. The highest BCUT2D eigenvalue weighted by molar-refractivity contribution is 6.32. The molecular formula is C14H22ClNO3. The van der Waals surface area contributed by atoms with Crippen LogP contribution in [0, 0.1) is 0 Å². The van der Waals surface area contributed by atoms with Gasteiger partial charge in [-0.05, 0) is 38.1 Å². The third-order valence-electron chi connectivity index (χ3n) is 2.87. The van der Waals surface area contributed by atoms with Crippen molar-refractivity contribution < 1.29 is 14.6 Å². The van der Waals surface area contributed by atoms with Crippen LogP contribution >= 0.6 is 11.6 Å². The Bertz CT molecular complexity index is 410. The molecule has 1 aromatic rings. The number of hydrogen-bond acceptors (Lipinski definition) is 4. The molecule has 19 heavy (non-hydrogen) atoms. The van der Waals surface area contributed by atoms with Crippen molar-refractivity contribution in [1.29, 1.82) is 0 Å². The van der Waals surface area contributed by atoms with Gasteiger partial charge in [0.05, 0.1) is 25.3 Å². The van der Waals surface area contributed by atoms with E-state index in [9.17, 15) is 5.11 Å². The van der Waals surface area contributed by atoms with Gasteiger partial charge >= 0.3 is 0 Å². The fourth-order valence-corrected chi connectivity index (χ4v) is 2.17. The lowest BCUT2D eigenvalue weighted by Gasteiger charge is -2.19. The van der Waals surface area contributed by atoms with Gasteiger partial charge in [0, 0.05) is 13.1 Å². The Morgan fingerprint density at radius 1 is 1.32 bits per heavy atom. The van der Waals surface area contributed by atoms with Crippen molar-refractivity contribution in [2.24, 2.45) is 0 Å². The number of rotatable bonds is 7. The van der Waals surface area contributed by atoms with Gasteiger partial charge in [-0.25, -0.2) is 0 Å². The van der Waals surface area contributed by atoms with Crippen LogP contribution in [-0.4, -0.2) is 43.9 Å². The number of hydrogen-bond donors (Lipinski definition) is 1. The van der Waals surface area contributed by atoms with E-state index in [-0.39, 0.29) is 6.10 Å². The zero-order valence-electron chi connectivity index (χ0n) is 11.9. The molecule has 1 rings (SSSR count). The van der Waals surface area contributed by atoms with Gasteiger partial charge in [0.2, 0.25) is 0 Å². The lowest BCUT2D eigenvalue weighted by atomic mass is 10.1. The number of ether oxygens (including phenoxy) is 2. The van der Waals surface area contributed by atoms with Crippen molar-refractivity contribution in [1.82, 2.24) is 4.90 Å². The van der Waals surface area contributed by atoms with E-state index in [4.69, 9.17) is 21.1 Å². The summed E-state index contributed by atoms with van der Waals surface area (Å²) in [6.07, 6.45) is 0.466. The molecule has 0 heterocycles. The molecule has 0 aliphatic carbocycles. The number of nitrogens with zero attached hydrogens (tertiary/aromatic N) is 1. The topological polar surface area (TPSA) is 41.9 Å². The second-order valence-corrected chi connectivity index (χ2v) is 5.10. The molecule has 0 aliphatic heterocycles. The summed E-state index contributed by atoms with van der Waals surface area (Å²) in [6.45, 7) is 3.36. The molecule has 0 saturated heterocycles. The van der Waals surface area contributed by atoms with E-state index in [1.54, 1.807) is 21.1 Å². The molecule has 0 saturated carbocycles.